The van der Waals surface area contributed by atoms with Crippen molar-refractivity contribution in [3.63, 3.8) is 0 Å². The summed E-state index contributed by atoms with van der Waals surface area (Å²) in [6.45, 7) is 7.99. The molecule has 1 aliphatic heterocycles. The third-order valence-corrected chi connectivity index (χ3v) is 3.38. The highest BCUT2D eigenvalue weighted by atomic mass is 16.5. The number of nitrogens with one attached hydrogen (secondary N) is 1. The molecule has 6 heteroatoms. The first-order chi connectivity index (χ1) is 9.39. The third kappa shape index (κ3) is 3.52. The van der Waals surface area contributed by atoms with Crippen LogP contribution < -0.4 is 5.32 Å². The van der Waals surface area contributed by atoms with Crippen LogP contribution in [0.4, 0.5) is 0 Å². The maximum absolute atomic E-state index is 12.3. The van der Waals surface area contributed by atoms with E-state index in [4.69, 9.17) is 4.74 Å². The number of rotatable bonds is 3. The van der Waals surface area contributed by atoms with Crippen molar-refractivity contribution in [3.8, 4) is 0 Å². The van der Waals surface area contributed by atoms with E-state index in [2.05, 4.69) is 20.2 Å². The molecule has 0 unspecified atom stereocenters. The van der Waals surface area contributed by atoms with Crippen LogP contribution in [0.25, 0.3) is 0 Å². The Kier molecular flexibility index (Phi) is 4.35. The van der Waals surface area contributed by atoms with E-state index in [1.54, 1.807) is 0 Å². The lowest BCUT2D eigenvalue weighted by atomic mass is 10.0. The van der Waals surface area contributed by atoms with Crippen molar-refractivity contribution in [2.24, 2.45) is 0 Å². The lowest BCUT2D eigenvalue weighted by Gasteiger charge is -2.37. The summed E-state index contributed by atoms with van der Waals surface area (Å²) in [4.78, 5) is 23.0. The molecule has 1 aromatic heterocycles. The van der Waals surface area contributed by atoms with Crippen molar-refractivity contribution in [1.29, 1.82) is 0 Å². The lowest BCUT2D eigenvalue weighted by Crippen LogP contribution is -2.57. The Balaban J connectivity index is 1.97. The van der Waals surface area contributed by atoms with Gasteiger partial charge in [0, 0.05) is 24.5 Å². The zero-order chi connectivity index (χ0) is 14.8. The standard InChI is InChI=1S/C14H22N4O2/c1-10-7-11(2)17-12(16-10)8-15-13(19)14(3)9-18(4)5-6-20-14/h7H,5-6,8-9H2,1-4H3,(H,15,19)/t14-/m0/s1. The van der Waals surface area contributed by atoms with Gasteiger partial charge in [-0.25, -0.2) is 9.97 Å². The summed E-state index contributed by atoms with van der Waals surface area (Å²) in [7, 11) is 1.99. The highest BCUT2D eigenvalue weighted by Gasteiger charge is 2.38. The summed E-state index contributed by atoms with van der Waals surface area (Å²) in [5, 5.41) is 2.87. The number of aryl methyl sites for hydroxylation is 2. The van der Waals surface area contributed by atoms with Gasteiger partial charge in [0.05, 0.1) is 13.2 Å². The number of carbonyl (C=O) groups is 1. The van der Waals surface area contributed by atoms with Crippen molar-refractivity contribution >= 4 is 5.91 Å². The second-order valence-corrected chi connectivity index (χ2v) is 5.57. The molecule has 0 aromatic carbocycles. The molecule has 0 spiro atoms. The van der Waals surface area contributed by atoms with E-state index in [1.165, 1.54) is 0 Å². The summed E-state index contributed by atoms with van der Waals surface area (Å²) < 4.78 is 5.64. The number of morpholine rings is 1. The summed E-state index contributed by atoms with van der Waals surface area (Å²) in [5.41, 5.74) is 1.01. The Morgan fingerprint density at radius 1 is 1.45 bits per heavy atom. The Labute approximate surface area is 119 Å². The van der Waals surface area contributed by atoms with Gasteiger partial charge in [-0.15, -0.1) is 0 Å². The molecule has 0 bridgehead atoms. The first-order valence-corrected chi connectivity index (χ1v) is 6.81. The van der Waals surface area contributed by atoms with Gasteiger partial charge in [0.1, 0.15) is 5.82 Å². The minimum atomic E-state index is -0.800. The molecule has 1 aromatic rings. The molecule has 0 aliphatic carbocycles. The Morgan fingerprint density at radius 3 is 2.70 bits per heavy atom. The average molecular weight is 278 g/mol. The van der Waals surface area contributed by atoms with Crippen molar-refractivity contribution in [3.05, 3.63) is 23.3 Å². The van der Waals surface area contributed by atoms with Crippen molar-refractivity contribution in [2.75, 3.05) is 26.7 Å². The normalized spacial score (nSPS) is 23.6. The van der Waals surface area contributed by atoms with Crippen LogP contribution in [0.3, 0.4) is 0 Å². The third-order valence-electron chi connectivity index (χ3n) is 3.38. The highest BCUT2D eigenvalue weighted by molar-refractivity contribution is 5.85. The van der Waals surface area contributed by atoms with Gasteiger partial charge in [0.2, 0.25) is 0 Å². The SMILES string of the molecule is Cc1cc(C)nc(CNC(=O)[C@]2(C)CN(C)CCO2)n1. The fourth-order valence-electron chi connectivity index (χ4n) is 2.43. The van der Waals surface area contributed by atoms with E-state index in [-0.39, 0.29) is 5.91 Å². The second kappa shape index (κ2) is 5.85. The van der Waals surface area contributed by atoms with Gasteiger partial charge < -0.3 is 15.0 Å². The van der Waals surface area contributed by atoms with E-state index in [9.17, 15) is 4.79 Å². The van der Waals surface area contributed by atoms with Crippen LogP contribution in [0, 0.1) is 13.8 Å². The number of ether oxygens (including phenoxy) is 1. The van der Waals surface area contributed by atoms with Crippen LogP contribution in [0.5, 0.6) is 0 Å². The molecule has 20 heavy (non-hydrogen) atoms. The molecule has 2 heterocycles. The number of likely N-dealkylation sites (N-methyl/N-ethyl adjacent to an activating group) is 1. The molecular weight excluding hydrogens is 256 g/mol. The van der Waals surface area contributed by atoms with E-state index >= 15 is 0 Å². The Hall–Kier alpha value is -1.53. The number of amides is 1. The van der Waals surface area contributed by atoms with Gasteiger partial charge in [-0.1, -0.05) is 0 Å². The van der Waals surface area contributed by atoms with Crippen molar-refractivity contribution < 1.29 is 9.53 Å². The first kappa shape index (κ1) is 14.9. The number of hydrogen-bond donors (Lipinski definition) is 1. The molecule has 0 radical (unpaired) electrons. The molecule has 110 valence electrons. The van der Waals surface area contributed by atoms with Crippen LogP contribution in [-0.2, 0) is 16.1 Å². The minimum Gasteiger partial charge on any atom is -0.363 e. The molecule has 2 rings (SSSR count). The van der Waals surface area contributed by atoms with Gasteiger partial charge >= 0.3 is 0 Å². The van der Waals surface area contributed by atoms with Crippen LogP contribution in [0.2, 0.25) is 0 Å². The molecule has 1 aliphatic rings. The molecule has 1 fully saturated rings. The lowest BCUT2D eigenvalue weighted by molar-refractivity contribution is -0.155. The summed E-state index contributed by atoms with van der Waals surface area (Å²) in [5.74, 6) is 0.510. The molecule has 0 saturated carbocycles. The number of nitrogens with zero attached hydrogens (tertiary/aromatic N) is 3. The summed E-state index contributed by atoms with van der Waals surface area (Å²) in [6, 6.07) is 1.91. The fraction of sp³-hybridized carbons (Fsp3) is 0.643. The van der Waals surface area contributed by atoms with Gasteiger partial charge in [0.25, 0.3) is 5.91 Å². The average Bonchev–Trinajstić information content (AvgIpc) is 2.34. The maximum atomic E-state index is 12.3. The van der Waals surface area contributed by atoms with E-state index in [1.807, 2.05) is 33.9 Å². The first-order valence-electron chi connectivity index (χ1n) is 6.81. The molecule has 1 saturated heterocycles. The van der Waals surface area contributed by atoms with Gasteiger partial charge in [-0.2, -0.15) is 0 Å². The van der Waals surface area contributed by atoms with Gasteiger partial charge in [-0.3, -0.25) is 4.79 Å². The van der Waals surface area contributed by atoms with Crippen molar-refractivity contribution in [1.82, 2.24) is 20.2 Å². The number of carbonyl (C=O) groups excluding carboxylic acids is 1. The van der Waals surface area contributed by atoms with Gasteiger partial charge in [0.15, 0.2) is 5.60 Å². The largest absolute Gasteiger partial charge is 0.363 e. The molecular formula is C14H22N4O2. The molecule has 1 N–H and O–H groups in total. The van der Waals surface area contributed by atoms with E-state index < -0.39 is 5.60 Å². The van der Waals surface area contributed by atoms with E-state index in [0.717, 1.165) is 17.9 Å². The monoisotopic (exact) mass is 278 g/mol. The zero-order valence-corrected chi connectivity index (χ0v) is 12.6. The van der Waals surface area contributed by atoms with Crippen molar-refractivity contribution in [2.45, 2.75) is 32.9 Å². The number of aromatic nitrogens is 2. The Morgan fingerprint density at radius 2 is 2.10 bits per heavy atom. The minimum absolute atomic E-state index is 0.119. The molecule has 1 atom stereocenters. The van der Waals surface area contributed by atoms with E-state index in [0.29, 0.717) is 25.5 Å². The second-order valence-electron chi connectivity index (χ2n) is 5.57. The number of hydrogen-bond acceptors (Lipinski definition) is 5. The predicted molar refractivity (Wildman–Crippen MR) is 75.2 cm³/mol. The van der Waals surface area contributed by atoms with Crippen LogP contribution >= 0.6 is 0 Å². The zero-order valence-electron chi connectivity index (χ0n) is 12.6. The summed E-state index contributed by atoms with van der Waals surface area (Å²) >= 11 is 0. The topological polar surface area (TPSA) is 67.4 Å². The maximum Gasteiger partial charge on any atom is 0.253 e. The summed E-state index contributed by atoms with van der Waals surface area (Å²) in [6.07, 6.45) is 0. The Bertz CT molecular complexity index is 486. The van der Waals surface area contributed by atoms with Gasteiger partial charge in [-0.05, 0) is 33.9 Å². The van der Waals surface area contributed by atoms with Crippen LogP contribution in [0.15, 0.2) is 6.07 Å². The van der Waals surface area contributed by atoms with Crippen LogP contribution in [-0.4, -0.2) is 53.1 Å². The highest BCUT2D eigenvalue weighted by Crippen LogP contribution is 2.16. The quantitative estimate of drug-likeness (QED) is 0.868. The molecule has 6 nitrogen and oxygen atoms in total. The smallest absolute Gasteiger partial charge is 0.253 e. The van der Waals surface area contributed by atoms with Crippen LogP contribution in [0.1, 0.15) is 24.1 Å². The predicted octanol–water partition coefficient (Wildman–Crippen LogP) is 0.430. The fourth-order valence-corrected chi connectivity index (χ4v) is 2.43. The molecule has 1 amide bonds.